The maximum absolute atomic E-state index is 12.3. The van der Waals surface area contributed by atoms with E-state index in [1.165, 1.54) is 22.9 Å². The van der Waals surface area contributed by atoms with Gasteiger partial charge in [0.05, 0.1) is 12.1 Å². The van der Waals surface area contributed by atoms with Gasteiger partial charge in [0.25, 0.3) is 5.91 Å². The van der Waals surface area contributed by atoms with Gasteiger partial charge in [0.2, 0.25) is 0 Å². The standard InChI is InChI=1S/C16H15NO4S/c18-15(14-7-4-8-20-14)17-11-22-10-13(17)16(19)21-9-12-5-2-1-3-6-12/h1-8,13H,9-11H2/t13-/m0/s1. The summed E-state index contributed by atoms with van der Waals surface area (Å²) >= 11 is 1.53. The molecule has 0 saturated carbocycles. The molecule has 1 atom stereocenters. The van der Waals surface area contributed by atoms with Crippen LogP contribution in [0.2, 0.25) is 0 Å². The van der Waals surface area contributed by atoms with E-state index in [1.54, 1.807) is 12.1 Å². The van der Waals surface area contributed by atoms with E-state index in [-0.39, 0.29) is 24.2 Å². The molecule has 2 aromatic rings. The molecule has 1 aromatic carbocycles. The van der Waals surface area contributed by atoms with Gasteiger partial charge in [0, 0.05) is 5.75 Å². The van der Waals surface area contributed by atoms with Crippen LogP contribution >= 0.6 is 11.8 Å². The molecule has 5 nitrogen and oxygen atoms in total. The lowest BCUT2D eigenvalue weighted by atomic mass is 10.2. The first-order valence-electron chi connectivity index (χ1n) is 6.88. The van der Waals surface area contributed by atoms with Crippen molar-refractivity contribution in [1.29, 1.82) is 0 Å². The molecule has 1 aliphatic rings. The SMILES string of the molecule is O=C(OCc1ccccc1)[C@@H]1CSCN1C(=O)c1ccco1. The van der Waals surface area contributed by atoms with E-state index in [9.17, 15) is 9.59 Å². The molecule has 0 radical (unpaired) electrons. The Kier molecular flexibility index (Phi) is 4.48. The summed E-state index contributed by atoms with van der Waals surface area (Å²) in [7, 11) is 0. The molecule has 0 unspecified atom stereocenters. The van der Waals surface area contributed by atoms with E-state index < -0.39 is 6.04 Å². The summed E-state index contributed by atoms with van der Waals surface area (Å²) in [6.45, 7) is 0.212. The normalized spacial score (nSPS) is 17.5. The van der Waals surface area contributed by atoms with Crippen molar-refractivity contribution in [2.45, 2.75) is 12.6 Å². The second-order valence-corrected chi connectivity index (χ2v) is 5.86. The van der Waals surface area contributed by atoms with Crippen LogP contribution in [0.4, 0.5) is 0 Å². The third-order valence-electron chi connectivity index (χ3n) is 3.37. The molecule has 0 aliphatic carbocycles. The summed E-state index contributed by atoms with van der Waals surface area (Å²) in [6.07, 6.45) is 1.44. The Hall–Kier alpha value is -2.21. The minimum atomic E-state index is -0.564. The van der Waals surface area contributed by atoms with E-state index in [1.807, 2.05) is 30.3 Å². The van der Waals surface area contributed by atoms with Crippen LogP contribution in [-0.4, -0.2) is 34.4 Å². The third kappa shape index (κ3) is 3.17. The van der Waals surface area contributed by atoms with Gasteiger partial charge in [-0.05, 0) is 17.7 Å². The smallest absolute Gasteiger partial charge is 0.330 e. The Morgan fingerprint density at radius 2 is 2.05 bits per heavy atom. The monoisotopic (exact) mass is 317 g/mol. The maximum atomic E-state index is 12.3. The first-order valence-corrected chi connectivity index (χ1v) is 8.04. The van der Waals surface area contributed by atoms with Crippen molar-refractivity contribution in [2.75, 3.05) is 11.6 Å². The second-order valence-electron chi connectivity index (χ2n) is 4.86. The van der Waals surface area contributed by atoms with Gasteiger partial charge in [0.15, 0.2) is 5.76 Å². The van der Waals surface area contributed by atoms with E-state index in [0.717, 1.165) is 5.56 Å². The maximum Gasteiger partial charge on any atom is 0.330 e. The van der Waals surface area contributed by atoms with Gasteiger partial charge in [0.1, 0.15) is 12.6 Å². The number of esters is 1. The first-order chi connectivity index (χ1) is 10.8. The van der Waals surface area contributed by atoms with Crippen LogP contribution < -0.4 is 0 Å². The summed E-state index contributed by atoms with van der Waals surface area (Å²) in [5.74, 6) is 0.582. The van der Waals surface area contributed by atoms with E-state index >= 15 is 0 Å². The number of carbonyl (C=O) groups excluding carboxylic acids is 2. The fourth-order valence-electron chi connectivity index (χ4n) is 2.20. The van der Waals surface area contributed by atoms with Gasteiger partial charge < -0.3 is 14.1 Å². The lowest BCUT2D eigenvalue weighted by molar-refractivity contribution is -0.149. The summed E-state index contributed by atoms with van der Waals surface area (Å²) < 4.78 is 10.4. The summed E-state index contributed by atoms with van der Waals surface area (Å²) in [4.78, 5) is 26.0. The second kappa shape index (κ2) is 6.70. The van der Waals surface area contributed by atoms with E-state index in [4.69, 9.17) is 9.15 Å². The Bertz CT molecular complexity index is 641. The molecule has 0 spiro atoms. The topological polar surface area (TPSA) is 59.8 Å². The van der Waals surface area contributed by atoms with Crippen LogP contribution in [0.5, 0.6) is 0 Å². The van der Waals surface area contributed by atoms with Gasteiger partial charge >= 0.3 is 5.97 Å². The van der Waals surface area contributed by atoms with Crippen molar-refractivity contribution >= 4 is 23.6 Å². The molecular weight excluding hydrogens is 302 g/mol. The summed E-state index contributed by atoms with van der Waals surface area (Å²) in [5.41, 5.74) is 0.922. The molecule has 0 bridgehead atoms. The lowest BCUT2D eigenvalue weighted by Gasteiger charge is -2.21. The largest absolute Gasteiger partial charge is 0.459 e. The quantitative estimate of drug-likeness (QED) is 0.811. The predicted molar refractivity (Wildman–Crippen MR) is 82.2 cm³/mol. The molecule has 1 saturated heterocycles. The first kappa shape index (κ1) is 14.7. The van der Waals surface area contributed by atoms with E-state index in [0.29, 0.717) is 11.6 Å². The summed E-state index contributed by atoms with van der Waals surface area (Å²) in [5, 5.41) is 0. The predicted octanol–water partition coefficient (Wildman–Crippen LogP) is 2.54. The van der Waals surface area contributed by atoms with Crippen LogP contribution in [0.25, 0.3) is 0 Å². The molecule has 114 valence electrons. The minimum Gasteiger partial charge on any atom is -0.459 e. The molecule has 6 heteroatoms. The number of ether oxygens (including phenoxy) is 1. The number of thioether (sulfide) groups is 1. The number of rotatable bonds is 4. The van der Waals surface area contributed by atoms with Crippen molar-refractivity contribution in [2.24, 2.45) is 0 Å². The zero-order chi connectivity index (χ0) is 15.4. The third-order valence-corrected chi connectivity index (χ3v) is 4.38. The molecule has 1 aromatic heterocycles. The molecule has 0 N–H and O–H groups in total. The number of nitrogens with zero attached hydrogens (tertiary/aromatic N) is 1. The molecule has 1 amide bonds. The van der Waals surface area contributed by atoms with Crippen molar-refractivity contribution < 1.29 is 18.7 Å². The molecule has 1 fully saturated rings. The number of hydrogen-bond donors (Lipinski definition) is 0. The van der Waals surface area contributed by atoms with Crippen molar-refractivity contribution in [1.82, 2.24) is 4.90 Å². The van der Waals surface area contributed by atoms with Crippen LogP contribution in [-0.2, 0) is 16.1 Å². The highest BCUT2D eigenvalue weighted by atomic mass is 32.2. The van der Waals surface area contributed by atoms with Crippen LogP contribution in [0.1, 0.15) is 16.1 Å². The highest BCUT2D eigenvalue weighted by Gasteiger charge is 2.37. The number of hydrogen-bond acceptors (Lipinski definition) is 5. The molecule has 2 heterocycles. The van der Waals surface area contributed by atoms with Crippen LogP contribution in [0, 0.1) is 0 Å². The van der Waals surface area contributed by atoms with Crippen molar-refractivity contribution in [3.8, 4) is 0 Å². The zero-order valence-electron chi connectivity index (χ0n) is 11.8. The average Bonchev–Trinajstić information content (AvgIpc) is 3.24. The Morgan fingerprint density at radius 3 is 2.77 bits per heavy atom. The fourth-order valence-corrected chi connectivity index (χ4v) is 3.34. The molecule has 22 heavy (non-hydrogen) atoms. The molecular formula is C16H15NO4S. The highest BCUT2D eigenvalue weighted by molar-refractivity contribution is 7.99. The fraction of sp³-hybridized carbons (Fsp3) is 0.250. The number of carbonyl (C=O) groups is 2. The number of amides is 1. The van der Waals surface area contributed by atoms with Gasteiger partial charge in [-0.1, -0.05) is 30.3 Å². The van der Waals surface area contributed by atoms with Crippen molar-refractivity contribution in [3.05, 3.63) is 60.1 Å². The Morgan fingerprint density at radius 1 is 1.23 bits per heavy atom. The molecule has 1 aliphatic heterocycles. The Labute approximate surface area is 132 Å². The molecule has 3 rings (SSSR count). The van der Waals surface area contributed by atoms with Crippen LogP contribution in [0.3, 0.4) is 0 Å². The van der Waals surface area contributed by atoms with Gasteiger partial charge in [-0.25, -0.2) is 4.79 Å². The van der Waals surface area contributed by atoms with Gasteiger partial charge in [-0.15, -0.1) is 11.8 Å². The van der Waals surface area contributed by atoms with Crippen molar-refractivity contribution in [3.63, 3.8) is 0 Å². The Balaban J connectivity index is 1.62. The number of benzene rings is 1. The van der Waals surface area contributed by atoms with Gasteiger partial charge in [-0.2, -0.15) is 0 Å². The number of furan rings is 1. The lowest BCUT2D eigenvalue weighted by Crippen LogP contribution is -2.42. The highest BCUT2D eigenvalue weighted by Crippen LogP contribution is 2.24. The van der Waals surface area contributed by atoms with Gasteiger partial charge in [-0.3, -0.25) is 4.79 Å². The van der Waals surface area contributed by atoms with Crippen LogP contribution in [0.15, 0.2) is 53.1 Å². The van der Waals surface area contributed by atoms with E-state index in [2.05, 4.69) is 0 Å². The average molecular weight is 317 g/mol. The summed E-state index contributed by atoms with van der Waals surface area (Å²) in [6, 6.07) is 12.2. The minimum absolute atomic E-state index is 0.212. The zero-order valence-corrected chi connectivity index (χ0v) is 12.6.